The maximum atomic E-state index is 9.40. The molecule has 0 fully saturated rings. The summed E-state index contributed by atoms with van der Waals surface area (Å²) in [6.45, 7) is 4.58. The van der Waals surface area contributed by atoms with E-state index in [1.54, 1.807) is 0 Å². The van der Waals surface area contributed by atoms with Crippen LogP contribution in [0.1, 0.15) is 11.1 Å². The minimum Gasteiger partial charge on any atom is -0.390 e. The lowest BCUT2D eigenvalue weighted by Gasteiger charge is -2.11. The molecule has 2 aromatic rings. The molecule has 0 radical (unpaired) electrons. The molecule has 0 saturated heterocycles. The fourth-order valence-corrected chi connectivity index (χ4v) is 1.99. The molecule has 20 heavy (non-hydrogen) atoms. The lowest BCUT2D eigenvalue weighted by molar-refractivity contribution is 0.211. The second-order valence-corrected chi connectivity index (χ2v) is 4.92. The molecule has 0 aliphatic heterocycles. The van der Waals surface area contributed by atoms with Gasteiger partial charge in [-0.15, -0.1) is 11.6 Å². The van der Waals surface area contributed by atoms with Gasteiger partial charge in [0.05, 0.1) is 12.0 Å². The van der Waals surface area contributed by atoms with Crippen LogP contribution in [0.3, 0.4) is 0 Å². The van der Waals surface area contributed by atoms with E-state index in [9.17, 15) is 5.11 Å². The minimum absolute atomic E-state index is 0.232. The summed E-state index contributed by atoms with van der Waals surface area (Å²) in [5.74, 6) is 0.232. The van der Waals surface area contributed by atoms with Gasteiger partial charge in [-0.3, -0.25) is 0 Å². The number of hydrogen-bond acceptors (Lipinski definition) is 2. The highest BCUT2D eigenvalue weighted by Crippen LogP contribution is 2.22. The van der Waals surface area contributed by atoms with Crippen molar-refractivity contribution in [2.45, 2.75) is 6.10 Å². The first-order valence-corrected chi connectivity index (χ1v) is 7.07. The summed E-state index contributed by atoms with van der Waals surface area (Å²) in [5.41, 5.74) is 4.15. The summed E-state index contributed by atoms with van der Waals surface area (Å²) in [6, 6.07) is 18.1. The van der Waals surface area contributed by atoms with E-state index in [1.165, 1.54) is 0 Å². The average Bonchev–Trinajstić information content (AvgIpc) is 2.53. The van der Waals surface area contributed by atoms with E-state index in [0.29, 0.717) is 6.54 Å². The predicted molar refractivity (Wildman–Crippen MR) is 86.2 cm³/mol. The zero-order chi connectivity index (χ0) is 14.4. The number of nitrogens with one attached hydrogen (secondary N) is 1. The summed E-state index contributed by atoms with van der Waals surface area (Å²) in [6.07, 6.45) is -0.532. The Labute approximate surface area is 124 Å². The number of benzene rings is 2. The fraction of sp³-hybridized carbons (Fsp3) is 0.176. The van der Waals surface area contributed by atoms with Crippen molar-refractivity contribution in [3.8, 4) is 0 Å². The van der Waals surface area contributed by atoms with E-state index >= 15 is 0 Å². The van der Waals surface area contributed by atoms with Crippen molar-refractivity contribution in [1.82, 2.24) is 0 Å². The van der Waals surface area contributed by atoms with Gasteiger partial charge in [-0.1, -0.05) is 49.0 Å². The molecule has 2 aromatic carbocycles. The Balaban J connectivity index is 2.03. The van der Waals surface area contributed by atoms with Gasteiger partial charge in [0.2, 0.25) is 0 Å². The second kappa shape index (κ2) is 7.13. The molecule has 2 N–H and O–H groups in total. The summed E-state index contributed by atoms with van der Waals surface area (Å²) in [7, 11) is 0. The Morgan fingerprint density at radius 3 is 2.25 bits per heavy atom. The maximum absolute atomic E-state index is 9.40. The molecule has 2 rings (SSSR count). The highest BCUT2D eigenvalue weighted by molar-refractivity contribution is 6.18. The molecule has 0 aromatic heterocycles. The quantitative estimate of drug-likeness (QED) is 0.793. The van der Waals surface area contributed by atoms with Crippen molar-refractivity contribution in [2.75, 3.05) is 17.7 Å². The van der Waals surface area contributed by atoms with E-state index in [-0.39, 0.29) is 5.88 Å². The van der Waals surface area contributed by atoms with Crippen LogP contribution in [0.5, 0.6) is 0 Å². The van der Waals surface area contributed by atoms with Gasteiger partial charge in [-0.05, 0) is 28.8 Å². The van der Waals surface area contributed by atoms with Crippen molar-refractivity contribution in [1.29, 1.82) is 0 Å². The van der Waals surface area contributed by atoms with Crippen LogP contribution >= 0.6 is 11.6 Å². The highest BCUT2D eigenvalue weighted by atomic mass is 35.5. The number of aliphatic hydroxyl groups is 1. The molecule has 1 atom stereocenters. The number of rotatable bonds is 6. The van der Waals surface area contributed by atoms with Gasteiger partial charge in [-0.25, -0.2) is 0 Å². The lowest BCUT2D eigenvalue weighted by Crippen LogP contribution is -2.20. The molecular weight excluding hydrogens is 270 g/mol. The van der Waals surface area contributed by atoms with Crippen LogP contribution < -0.4 is 5.32 Å². The first-order valence-electron chi connectivity index (χ1n) is 6.53. The van der Waals surface area contributed by atoms with Crippen LogP contribution in [0, 0.1) is 0 Å². The smallest absolute Gasteiger partial charge is 0.0847 e. The standard InChI is InChI=1S/C17H18ClNO/c1-13(14-5-3-2-4-6-14)15-7-9-16(10-8-15)19-12-17(20)11-18/h2-10,17,19-20H,1,11-12H2. The number of anilines is 1. The monoisotopic (exact) mass is 287 g/mol. The third-order valence-corrected chi connectivity index (χ3v) is 3.43. The van der Waals surface area contributed by atoms with Gasteiger partial charge in [0.25, 0.3) is 0 Å². The molecule has 0 aliphatic rings. The third-order valence-electron chi connectivity index (χ3n) is 3.08. The molecule has 0 aliphatic carbocycles. The van der Waals surface area contributed by atoms with Crippen molar-refractivity contribution in [3.05, 3.63) is 72.3 Å². The predicted octanol–water partition coefficient (Wildman–Crippen LogP) is 3.76. The fourth-order valence-electron chi connectivity index (χ4n) is 1.89. The summed E-state index contributed by atoms with van der Waals surface area (Å²) >= 11 is 5.55. The van der Waals surface area contributed by atoms with E-state index < -0.39 is 6.10 Å². The lowest BCUT2D eigenvalue weighted by atomic mass is 9.99. The first-order chi connectivity index (χ1) is 9.70. The van der Waals surface area contributed by atoms with Crippen molar-refractivity contribution >= 4 is 22.9 Å². The van der Waals surface area contributed by atoms with E-state index in [1.807, 2.05) is 54.6 Å². The average molecular weight is 288 g/mol. The summed E-state index contributed by atoms with van der Waals surface area (Å²) in [4.78, 5) is 0. The van der Waals surface area contributed by atoms with E-state index in [4.69, 9.17) is 11.6 Å². The number of aliphatic hydroxyl groups excluding tert-OH is 1. The molecule has 3 heteroatoms. The Kier molecular flexibility index (Phi) is 5.22. The van der Waals surface area contributed by atoms with Crippen molar-refractivity contribution < 1.29 is 5.11 Å². The number of halogens is 1. The van der Waals surface area contributed by atoms with Gasteiger partial charge in [0.15, 0.2) is 0 Å². The topological polar surface area (TPSA) is 32.3 Å². The van der Waals surface area contributed by atoms with Crippen LogP contribution in [0.25, 0.3) is 5.57 Å². The molecular formula is C17H18ClNO. The molecule has 1 unspecified atom stereocenters. The van der Waals surface area contributed by atoms with Gasteiger partial charge >= 0.3 is 0 Å². The molecule has 0 spiro atoms. The van der Waals surface area contributed by atoms with Crippen molar-refractivity contribution in [3.63, 3.8) is 0 Å². The number of alkyl halides is 1. The van der Waals surface area contributed by atoms with Gasteiger partial charge < -0.3 is 10.4 Å². The summed E-state index contributed by atoms with van der Waals surface area (Å²) < 4.78 is 0. The van der Waals surface area contributed by atoms with Crippen LogP contribution in [-0.2, 0) is 0 Å². The van der Waals surface area contributed by atoms with Crippen LogP contribution in [0.2, 0.25) is 0 Å². The van der Waals surface area contributed by atoms with E-state index in [0.717, 1.165) is 22.4 Å². The second-order valence-electron chi connectivity index (χ2n) is 4.61. The molecule has 0 bridgehead atoms. The normalized spacial score (nSPS) is 11.9. The molecule has 0 amide bonds. The van der Waals surface area contributed by atoms with Gasteiger partial charge in [0, 0.05) is 12.2 Å². The molecule has 2 nitrogen and oxygen atoms in total. The Morgan fingerprint density at radius 1 is 1.05 bits per heavy atom. The Bertz CT molecular complexity index is 551. The minimum atomic E-state index is -0.532. The summed E-state index contributed by atoms with van der Waals surface area (Å²) in [5, 5.41) is 12.5. The van der Waals surface area contributed by atoms with Crippen LogP contribution in [0.4, 0.5) is 5.69 Å². The van der Waals surface area contributed by atoms with Crippen LogP contribution in [0.15, 0.2) is 61.2 Å². The largest absolute Gasteiger partial charge is 0.390 e. The highest BCUT2D eigenvalue weighted by Gasteiger charge is 2.03. The van der Waals surface area contributed by atoms with Crippen LogP contribution in [-0.4, -0.2) is 23.6 Å². The Morgan fingerprint density at radius 2 is 1.65 bits per heavy atom. The van der Waals surface area contributed by atoms with E-state index in [2.05, 4.69) is 11.9 Å². The zero-order valence-corrected chi connectivity index (χ0v) is 12.0. The third kappa shape index (κ3) is 3.86. The zero-order valence-electron chi connectivity index (χ0n) is 11.2. The molecule has 0 saturated carbocycles. The number of hydrogen-bond donors (Lipinski definition) is 2. The van der Waals surface area contributed by atoms with Gasteiger partial charge in [-0.2, -0.15) is 0 Å². The maximum Gasteiger partial charge on any atom is 0.0847 e. The van der Waals surface area contributed by atoms with Crippen molar-refractivity contribution in [2.24, 2.45) is 0 Å². The van der Waals surface area contributed by atoms with Gasteiger partial charge in [0.1, 0.15) is 0 Å². The SMILES string of the molecule is C=C(c1ccccc1)c1ccc(NCC(O)CCl)cc1. The Hall–Kier alpha value is -1.77. The first kappa shape index (κ1) is 14.6. The molecule has 0 heterocycles. The molecule has 104 valence electrons.